The van der Waals surface area contributed by atoms with Crippen LogP contribution in [0, 0.1) is 6.92 Å². The molecule has 0 saturated heterocycles. The Hall–Kier alpha value is -1.68. The molecule has 1 amide bonds. The molecule has 0 spiro atoms. The molecule has 2 N–H and O–H groups in total. The molecule has 19 heavy (non-hydrogen) atoms. The molecule has 1 aromatic carbocycles. The predicted molar refractivity (Wildman–Crippen MR) is 78.8 cm³/mol. The van der Waals surface area contributed by atoms with Crippen molar-refractivity contribution in [2.45, 2.75) is 19.3 Å². The lowest BCUT2D eigenvalue weighted by Crippen LogP contribution is -2.24. The maximum Gasteiger partial charge on any atom is 0.225 e. The van der Waals surface area contributed by atoms with Gasteiger partial charge in [0.1, 0.15) is 0 Å². The van der Waals surface area contributed by atoms with Crippen LogP contribution >= 0.6 is 15.9 Å². The van der Waals surface area contributed by atoms with Crippen molar-refractivity contribution in [1.29, 1.82) is 0 Å². The van der Waals surface area contributed by atoms with Crippen molar-refractivity contribution < 1.29 is 4.79 Å². The van der Waals surface area contributed by atoms with Gasteiger partial charge in [-0.15, -0.1) is 0 Å². The number of primary amides is 1. The minimum Gasteiger partial charge on any atom is -0.369 e. The highest BCUT2D eigenvalue weighted by Crippen LogP contribution is 2.24. The van der Waals surface area contributed by atoms with Crippen molar-refractivity contribution >= 4 is 21.8 Å². The number of nitrogens with two attached hydrogens (primary N) is 1. The first kappa shape index (κ1) is 13.7. The normalized spacial score (nSPS) is 12.1. The first-order valence-electron chi connectivity index (χ1n) is 6.02. The second kappa shape index (κ2) is 5.97. The van der Waals surface area contributed by atoms with E-state index >= 15 is 0 Å². The number of carbonyl (C=O) groups is 1. The molecule has 0 aliphatic heterocycles. The summed E-state index contributed by atoms with van der Waals surface area (Å²) in [6.07, 6.45) is 4.04. The molecule has 1 aromatic heterocycles. The van der Waals surface area contributed by atoms with Gasteiger partial charge in [-0.2, -0.15) is 0 Å². The first-order chi connectivity index (χ1) is 9.08. The van der Waals surface area contributed by atoms with E-state index in [1.54, 1.807) is 12.4 Å². The summed E-state index contributed by atoms with van der Waals surface area (Å²) < 4.78 is 0.901. The number of pyridine rings is 1. The highest BCUT2D eigenvalue weighted by Gasteiger charge is 2.20. The zero-order chi connectivity index (χ0) is 13.8. The number of aromatic nitrogens is 1. The van der Waals surface area contributed by atoms with Gasteiger partial charge < -0.3 is 5.73 Å². The molecule has 0 saturated carbocycles. The largest absolute Gasteiger partial charge is 0.369 e. The molecule has 0 fully saturated rings. The van der Waals surface area contributed by atoms with E-state index in [0.29, 0.717) is 6.42 Å². The molecule has 2 rings (SSSR count). The van der Waals surface area contributed by atoms with E-state index in [9.17, 15) is 4.79 Å². The molecule has 98 valence electrons. The average molecular weight is 319 g/mol. The van der Waals surface area contributed by atoms with Gasteiger partial charge in [0, 0.05) is 16.9 Å². The fraction of sp³-hybridized carbons (Fsp3) is 0.200. The summed E-state index contributed by atoms with van der Waals surface area (Å²) in [6, 6.07) is 9.79. The van der Waals surface area contributed by atoms with E-state index in [1.165, 1.54) is 0 Å². The summed E-state index contributed by atoms with van der Waals surface area (Å²) in [4.78, 5) is 15.8. The Bertz CT molecular complexity index is 598. The number of hydrogen-bond donors (Lipinski definition) is 1. The quantitative estimate of drug-likeness (QED) is 0.942. The molecular weight excluding hydrogens is 304 g/mol. The van der Waals surface area contributed by atoms with Crippen LogP contribution in [0.4, 0.5) is 0 Å². The van der Waals surface area contributed by atoms with Crippen molar-refractivity contribution in [3.8, 4) is 0 Å². The standard InChI is InChI=1S/C15H15BrN2O/c1-10-4-2-3-5-13(10)14(15(17)19)7-11-6-12(16)9-18-8-11/h2-6,8-9,14H,7H2,1H3,(H2,17,19). The molecule has 2 aromatic rings. The second-order valence-electron chi connectivity index (χ2n) is 4.53. The van der Waals surface area contributed by atoms with E-state index in [2.05, 4.69) is 20.9 Å². The zero-order valence-electron chi connectivity index (χ0n) is 10.6. The summed E-state index contributed by atoms with van der Waals surface area (Å²) in [5, 5.41) is 0. The minimum atomic E-state index is -0.322. The summed E-state index contributed by atoms with van der Waals surface area (Å²) in [6.45, 7) is 1.99. The maximum absolute atomic E-state index is 11.7. The summed E-state index contributed by atoms with van der Waals surface area (Å²) in [7, 11) is 0. The van der Waals surface area contributed by atoms with Crippen molar-refractivity contribution in [3.63, 3.8) is 0 Å². The second-order valence-corrected chi connectivity index (χ2v) is 5.44. The summed E-state index contributed by atoms with van der Waals surface area (Å²) in [5.74, 6) is -0.633. The third-order valence-corrected chi connectivity index (χ3v) is 3.54. The van der Waals surface area contributed by atoms with Crippen LogP contribution in [0.3, 0.4) is 0 Å². The Morgan fingerprint density at radius 1 is 1.37 bits per heavy atom. The van der Waals surface area contributed by atoms with Crippen LogP contribution in [-0.2, 0) is 11.2 Å². The van der Waals surface area contributed by atoms with Gasteiger partial charge in [0.05, 0.1) is 5.92 Å². The Morgan fingerprint density at radius 3 is 2.74 bits per heavy atom. The third-order valence-electron chi connectivity index (χ3n) is 3.11. The number of halogens is 1. The molecule has 0 aliphatic carbocycles. The number of carbonyl (C=O) groups excluding carboxylic acids is 1. The number of benzene rings is 1. The number of aryl methyl sites for hydroxylation is 1. The maximum atomic E-state index is 11.7. The van der Waals surface area contributed by atoms with Gasteiger partial charge in [-0.1, -0.05) is 24.3 Å². The predicted octanol–water partition coefficient (Wildman–Crippen LogP) is 2.96. The van der Waals surface area contributed by atoms with Crippen LogP contribution in [-0.4, -0.2) is 10.9 Å². The smallest absolute Gasteiger partial charge is 0.225 e. The van der Waals surface area contributed by atoms with Crippen molar-refractivity contribution in [2.75, 3.05) is 0 Å². The van der Waals surface area contributed by atoms with E-state index in [4.69, 9.17) is 5.73 Å². The zero-order valence-corrected chi connectivity index (χ0v) is 12.2. The Kier molecular flexibility index (Phi) is 4.32. The molecule has 1 heterocycles. The average Bonchev–Trinajstić information content (AvgIpc) is 2.37. The minimum absolute atomic E-state index is 0.311. The van der Waals surface area contributed by atoms with Crippen LogP contribution in [0.15, 0.2) is 47.2 Å². The topological polar surface area (TPSA) is 56.0 Å². The van der Waals surface area contributed by atoms with Gasteiger partial charge in [-0.3, -0.25) is 9.78 Å². The van der Waals surface area contributed by atoms with E-state index < -0.39 is 0 Å². The molecule has 1 unspecified atom stereocenters. The van der Waals surface area contributed by atoms with Crippen LogP contribution in [0.5, 0.6) is 0 Å². The van der Waals surface area contributed by atoms with Gasteiger partial charge in [0.25, 0.3) is 0 Å². The van der Waals surface area contributed by atoms with Gasteiger partial charge in [-0.25, -0.2) is 0 Å². The van der Waals surface area contributed by atoms with E-state index in [-0.39, 0.29) is 11.8 Å². The highest BCUT2D eigenvalue weighted by molar-refractivity contribution is 9.10. The van der Waals surface area contributed by atoms with Crippen LogP contribution in [0.1, 0.15) is 22.6 Å². The van der Waals surface area contributed by atoms with Crippen LogP contribution in [0.25, 0.3) is 0 Å². The van der Waals surface area contributed by atoms with E-state index in [0.717, 1.165) is 21.2 Å². The SMILES string of the molecule is Cc1ccccc1C(Cc1cncc(Br)c1)C(N)=O. The number of rotatable bonds is 4. The molecule has 1 atom stereocenters. The van der Waals surface area contributed by atoms with Gasteiger partial charge in [0.2, 0.25) is 5.91 Å². The lowest BCUT2D eigenvalue weighted by molar-refractivity contribution is -0.119. The molecule has 3 nitrogen and oxygen atoms in total. The lowest BCUT2D eigenvalue weighted by atomic mass is 9.89. The molecule has 0 radical (unpaired) electrons. The fourth-order valence-electron chi connectivity index (χ4n) is 2.14. The summed E-state index contributed by atoms with van der Waals surface area (Å²) in [5.41, 5.74) is 8.60. The molecule has 0 aliphatic rings. The van der Waals surface area contributed by atoms with Gasteiger partial charge in [-0.05, 0) is 52.0 Å². The number of amides is 1. The monoisotopic (exact) mass is 318 g/mol. The number of nitrogens with zero attached hydrogens (tertiary/aromatic N) is 1. The Labute approximate surface area is 121 Å². The van der Waals surface area contributed by atoms with E-state index in [1.807, 2.05) is 37.3 Å². The fourth-order valence-corrected chi connectivity index (χ4v) is 2.56. The van der Waals surface area contributed by atoms with Crippen molar-refractivity contribution in [3.05, 3.63) is 63.9 Å². The van der Waals surface area contributed by atoms with Crippen molar-refractivity contribution in [1.82, 2.24) is 4.98 Å². The Morgan fingerprint density at radius 2 is 2.11 bits per heavy atom. The lowest BCUT2D eigenvalue weighted by Gasteiger charge is -2.16. The summed E-state index contributed by atoms with van der Waals surface area (Å²) >= 11 is 3.38. The molecule has 0 bridgehead atoms. The van der Waals surface area contributed by atoms with Crippen LogP contribution < -0.4 is 5.73 Å². The Balaban J connectivity index is 2.32. The first-order valence-corrected chi connectivity index (χ1v) is 6.81. The van der Waals surface area contributed by atoms with Crippen molar-refractivity contribution in [2.24, 2.45) is 5.73 Å². The third kappa shape index (κ3) is 3.41. The number of hydrogen-bond acceptors (Lipinski definition) is 2. The highest BCUT2D eigenvalue weighted by atomic mass is 79.9. The van der Waals surface area contributed by atoms with Crippen LogP contribution in [0.2, 0.25) is 0 Å². The van der Waals surface area contributed by atoms with Gasteiger partial charge in [0.15, 0.2) is 0 Å². The molecular formula is C15H15BrN2O. The van der Waals surface area contributed by atoms with Gasteiger partial charge >= 0.3 is 0 Å². The molecule has 4 heteroatoms.